The summed E-state index contributed by atoms with van der Waals surface area (Å²) in [5, 5.41) is 1.63. The SMILES string of the molecule is COc1cc([C@@H]2[C@@H](c3ccccn3)N=C3S[C@H](C)CN32)cc(Br)c1OC(C)C. The predicted octanol–water partition coefficient (Wildman–Crippen LogP) is 5.23. The highest BCUT2D eigenvalue weighted by Gasteiger charge is 2.44. The number of rotatable bonds is 5. The van der Waals surface area contributed by atoms with E-state index in [2.05, 4.69) is 50.9 Å². The lowest BCUT2D eigenvalue weighted by molar-refractivity contribution is 0.228. The van der Waals surface area contributed by atoms with E-state index in [1.807, 2.05) is 43.9 Å². The van der Waals surface area contributed by atoms with Crippen molar-refractivity contribution >= 4 is 32.9 Å². The largest absolute Gasteiger partial charge is 0.493 e. The number of halogens is 1. The van der Waals surface area contributed by atoms with E-state index in [1.54, 1.807) is 7.11 Å². The van der Waals surface area contributed by atoms with Gasteiger partial charge in [0.1, 0.15) is 6.04 Å². The molecule has 2 aliphatic heterocycles. The Labute approximate surface area is 178 Å². The standard InChI is InChI=1S/C21H24BrN3O2S/c1-12(2)27-20-15(22)9-14(10-17(20)26-4)19-18(16-7-5-6-8-23-16)24-21-25(19)11-13(3)28-21/h5-10,12-13,18-19H,11H2,1-4H3/t13-,18-,19-/m1/s1. The Bertz CT molecular complexity index is 891. The number of aromatic nitrogens is 1. The maximum Gasteiger partial charge on any atom is 0.175 e. The Hall–Kier alpha value is -1.73. The quantitative estimate of drug-likeness (QED) is 0.609. The fourth-order valence-electron chi connectivity index (χ4n) is 3.74. The van der Waals surface area contributed by atoms with Gasteiger partial charge in [-0.15, -0.1) is 0 Å². The van der Waals surface area contributed by atoms with Crippen molar-refractivity contribution in [2.45, 2.75) is 44.2 Å². The molecule has 148 valence electrons. The molecular weight excluding hydrogens is 438 g/mol. The first-order valence-corrected chi connectivity index (χ1v) is 11.1. The Morgan fingerprint density at radius 1 is 1.29 bits per heavy atom. The van der Waals surface area contributed by atoms with Crippen LogP contribution in [0.2, 0.25) is 0 Å². The molecule has 0 bridgehead atoms. The first kappa shape index (κ1) is 19.6. The number of nitrogens with zero attached hydrogens (tertiary/aromatic N) is 3. The summed E-state index contributed by atoms with van der Waals surface area (Å²) >= 11 is 5.53. The molecule has 0 saturated carbocycles. The third kappa shape index (κ3) is 3.62. The van der Waals surface area contributed by atoms with E-state index in [0.717, 1.165) is 38.9 Å². The average molecular weight is 462 g/mol. The smallest absolute Gasteiger partial charge is 0.175 e. The van der Waals surface area contributed by atoms with Crippen molar-refractivity contribution in [1.82, 2.24) is 9.88 Å². The van der Waals surface area contributed by atoms with Crippen LogP contribution in [0.1, 0.15) is 44.1 Å². The number of pyridine rings is 1. The molecule has 1 fully saturated rings. The van der Waals surface area contributed by atoms with Crippen molar-refractivity contribution in [2.24, 2.45) is 4.99 Å². The van der Waals surface area contributed by atoms with Gasteiger partial charge in [0.05, 0.1) is 29.4 Å². The maximum absolute atomic E-state index is 5.97. The van der Waals surface area contributed by atoms with Gasteiger partial charge < -0.3 is 14.4 Å². The number of hydrogen-bond donors (Lipinski definition) is 0. The third-order valence-corrected chi connectivity index (χ3v) is 6.52. The number of fused-ring (bicyclic) bond motifs is 1. The van der Waals surface area contributed by atoms with Crippen LogP contribution in [0.15, 0.2) is 46.0 Å². The summed E-state index contributed by atoms with van der Waals surface area (Å²) in [4.78, 5) is 12.0. The number of aliphatic imine (C=N–C) groups is 1. The minimum absolute atomic E-state index is 0.0373. The molecule has 0 N–H and O–H groups in total. The van der Waals surface area contributed by atoms with Crippen molar-refractivity contribution in [2.75, 3.05) is 13.7 Å². The zero-order chi connectivity index (χ0) is 19.8. The fourth-order valence-corrected chi connectivity index (χ4v) is 5.38. The van der Waals surface area contributed by atoms with E-state index in [9.17, 15) is 0 Å². The summed E-state index contributed by atoms with van der Waals surface area (Å²) in [7, 11) is 1.68. The van der Waals surface area contributed by atoms with Crippen molar-refractivity contribution < 1.29 is 9.47 Å². The second-order valence-corrected chi connectivity index (χ2v) is 9.60. The minimum Gasteiger partial charge on any atom is -0.493 e. The molecule has 2 aliphatic rings. The highest BCUT2D eigenvalue weighted by Crippen LogP contribution is 2.50. The van der Waals surface area contributed by atoms with Crippen molar-refractivity contribution in [3.8, 4) is 11.5 Å². The number of hydrogen-bond acceptors (Lipinski definition) is 6. The summed E-state index contributed by atoms with van der Waals surface area (Å²) in [5.74, 6) is 1.46. The first-order valence-electron chi connectivity index (χ1n) is 9.44. The molecule has 0 amide bonds. The first-order chi connectivity index (χ1) is 13.5. The highest BCUT2D eigenvalue weighted by molar-refractivity contribution is 9.10. The molecule has 0 radical (unpaired) electrons. The molecule has 0 unspecified atom stereocenters. The van der Waals surface area contributed by atoms with Gasteiger partial charge in [0, 0.05) is 18.0 Å². The minimum atomic E-state index is -0.0373. The molecule has 3 heterocycles. The molecule has 4 rings (SSSR count). The van der Waals surface area contributed by atoms with Gasteiger partial charge in [-0.25, -0.2) is 0 Å². The van der Waals surface area contributed by atoms with Crippen LogP contribution in [0.25, 0.3) is 0 Å². The summed E-state index contributed by atoms with van der Waals surface area (Å²) in [6.07, 6.45) is 1.90. The van der Waals surface area contributed by atoms with Crippen LogP contribution >= 0.6 is 27.7 Å². The maximum atomic E-state index is 5.97. The topological polar surface area (TPSA) is 47.0 Å². The monoisotopic (exact) mass is 461 g/mol. The lowest BCUT2D eigenvalue weighted by Crippen LogP contribution is -2.28. The Kier molecular flexibility index (Phi) is 5.56. The number of amidine groups is 1. The summed E-state index contributed by atoms with van der Waals surface area (Å²) in [6.45, 7) is 7.24. The van der Waals surface area contributed by atoms with Crippen molar-refractivity contribution in [1.29, 1.82) is 0 Å². The zero-order valence-corrected chi connectivity index (χ0v) is 18.8. The molecule has 7 heteroatoms. The molecule has 2 aromatic rings. The van der Waals surface area contributed by atoms with E-state index >= 15 is 0 Å². The van der Waals surface area contributed by atoms with Crippen LogP contribution in [0, 0.1) is 0 Å². The van der Waals surface area contributed by atoms with Gasteiger partial charge in [-0.05, 0) is 59.6 Å². The van der Waals surface area contributed by atoms with Crippen LogP contribution in [-0.2, 0) is 0 Å². The number of thioether (sulfide) groups is 1. The van der Waals surface area contributed by atoms with E-state index in [0.29, 0.717) is 5.25 Å². The molecule has 3 atom stereocenters. The third-order valence-electron chi connectivity index (χ3n) is 4.83. The predicted molar refractivity (Wildman–Crippen MR) is 117 cm³/mol. The van der Waals surface area contributed by atoms with Crippen molar-refractivity contribution in [3.63, 3.8) is 0 Å². The van der Waals surface area contributed by atoms with Crippen LogP contribution in [0.4, 0.5) is 0 Å². The van der Waals surface area contributed by atoms with Crippen LogP contribution in [-0.4, -0.2) is 40.1 Å². The summed E-state index contributed by atoms with van der Waals surface area (Å²) in [6, 6.07) is 10.3. The fraction of sp³-hybridized carbons (Fsp3) is 0.429. The molecule has 1 saturated heterocycles. The Morgan fingerprint density at radius 3 is 2.79 bits per heavy atom. The average Bonchev–Trinajstić information content (AvgIpc) is 3.19. The molecule has 1 aromatic carbocycles. The second-order valence-electron chi connectivity index (χ2n) is 7.34. The van der Waals surface area contributed by atoms with Gasteiger partial charge in [0.15, 0.2) is 16.7 Å². The summed E-state index contributed by atoms with van der Waals surface area (Å²) in [5.41, 5.74) is 2.13. The van der Waals surface area contributed by atoms with Gasteiger partial charge in [0.25, 0.3) is 0 Å². The van der Waals surface area contributed by atoms with Crippen molar-refractivity contribution in [3.05, 3.63) is 52.3 Å². The summed E-state index contributed by atoms with van der Waals surface area (Å²) < 4.78 is 12.5. The lowest BCUT2D eigenvalue weighted by atomic mass is 9.96. The Morgan fingerprint density at radius 2 is 2.11 bits per heavy atom. The van der Waals surface area contributed by atoms with Gasteiger partial charge in [-0.1, -0.05) is 24.8 Å². The van der Waals surface area contributed by atoms with E-state index in [1.165, 1.54) is 0 Å². The number of methoxy groups -OCH3 is 1. The molecule has 1 aromatic heterocycles. The van der Waals surface area contributed by atoms with Crippen LogP contribution < -0.4 is 9.47 Å². The van der Waals surface area contributed by atoms with Crippen LogP contribution in [0.3, 0.4) is 0 Å². The molecule has 0 spiro atoms. The van der Waals surface area contributed by atoms with Gasteiger partial charge in [-0.2, -0.15) is 0 Å². The number of ether oxygens (including phenoxy) is 2. The Balaban J connectivity index is 1.78. The molecule has 0 aliphatic carbocycles. The molecule has 28 heavy (non-hydrogen) atoms. The second kappa shape index (κ2) is 7.95. The lowest BCUT2D eigenvalue weighted by Gasteiger charge is -2.28. The van der Waals surface area contributed by atoms with Gasteiger partial charge in [0.2, 0.25) is 0 Å². The zero-order valence-electron chi connectivity index (χ0n) is 16.4. The van der Waals surface area contributed by atoms with Crippen LogP contribution in [0.5, 0.6) is 11.5 Å². The normalized spacial score (nSPS) is 23.7. The van der Waals surface area contributed by atoms with E-state index in [4.69, 9.17) is 14.5 Å². The number of benzene rings is 1. The van der Waals surface area contributed by atoms with E-state index < -0.39 is 0 Å². The van der Waals surface area contributed by atoms with E-state index in [-0.39, 0.29) is 18.2 Å². The van der Waals surface area contributed by atoms with Gasteiger partial charge >= 0.3 is 0 Å². The van der Waals surface area contributed by atoms with Gasteiger partial charge in [-0.3, -0.25) is 9.98 Å². The highest BCUT2D eigenvalue weighted by atomic mass is 79.9. The molecule has 5 nitrogen and oxygen atoms in total. The molecular formula is C21H24BrN3O2S.